The van der Waals surface area contributed by atoms with Crippen LogP contribution in [0, 0.1) is 5.82 Å². The fourth-order valence-corrected chi connectivity index (χ4v) is 3.69. The van der Waals surface area contributed by atoms with E-state index in [1.165, 1.54) is 18.9 Å². The van der Waals surface area contributed by atoms with E-state index in [2.05, 4.69) is 10.2 Å². The Morgan fingerprint density at radius 2 is 2.38 bits per heavy atom. The van der Waals surface area contributed by atoms with Gasteiger partial charge in [0.1, 0.15) is 5.82 Å². The molecule has 2 saturated heterocycles. The summed E-state index contributed by atoms with van der Waals surface area (Å²) in [5.74, 6) is -0.238. The first kappa shape index (κ1) is 15.2. The number of hydrogen-bond acceptors (Lipinski definition) is 3. The molecule has 2 aliphatic heterocycles. The summed E-state index contributed by atoms with van der Waals surface area (Å²) in [6, 6.07) is 5.50. The van der Waals surface area contributed by atoms with Gasteiger partial charge < -0.3 is 10.1 Å². The molecule has 0 bridgehead atoms. The number of nitrogens with one attached hydrogen (secondary N) is 1. The maximum absolute atomic E-state index is 14.0. The number of halogens is 2. The molecule has 2 fully saturated rings. The first-order valence-electron chi connectivity index (χ1n) is 7.65. The highest BCUT2D eigenvalue weighted by Gasteiger charge is 2.35. The van der Waals surface area contributed by atoms with Gasteiger partial charge in [0.2, 0.25) is 0 Å². The monoisotopic (exact) mass is 312 g/mol. The topological polar surface area (TPSA) is 24.5 Å². The Kier molecular flexibility index (Phi) is 4.79. The second-order valence-electron chi connectivity index (χ2n) is 5.96. The lowest BCUT2D eigenvalue weighted by Crippen LogP contribution is -2.54. The SMILES string of the molecule is CNC(Cc1c(F)cccc1Cl)C1CN2CCCC2CO1. The van der Waals surface area contributed by atoms with Crippen molar-refractivity contribution in [3.8, 4) is 0 Å². The molecule has 116 valence electrons. The van der Waals surface area contributed by atoms with Crippen LogP contribution in [0.5, 0.6) is 0 Å². The third-order valence-corrected chi connectivity index (χ3v) is 5.08. The number of fused-ring (bicyclic) bond motifs is 1. The molecule has 21 heavy (non-hydrogen) atoms. The van der Waals surface area contributed by atoms with Gasteiger partial charge >= 0.3 is 0 Å². The molecule has 3 unspecified atom stereocenters. The predicted molar refractivity (Wildman–Crippen MR) is 82.3 cm³/mol. The fourth-order valence-electron chi connectivity index (χ4n) is 3.45. The lowest BCUT2D eigenvalue weighted by Gasteiger charge is -2.39. The van der Waals surface area contributed by atoms with Gasteiger partial charge in [-0.3, -0.25) is 4.90 Å². The largest absolute Gasteiger partial charge is 0.374 e. The molecule has 0 spiro atoms. The molecule has 5 heteroatoms. The highest BCUT2D eigenvalue weighted by Crippen LogP contribution is 2.26. The Hall–Kier alpha value is -0.680. The number of ether oxygens (including phenoxy) is 1. The number of rotatable bonds is 4. The molecule has 0 amide bonds. The van der Waals surface area contributed by atoms with E-state index in [0.29, 0.717) is 23.0 Å². The Bertz CT molecular complexity index is 479. The second-order valence-corrected chi connectivity index (χ2v) is 6.37. The molecule has 2 aliphatic rings. The summed E-state index contributed by atoms with van der Waals surface area (Å²) < 4.78 is 20.0. The first-order valence-corrected chi connectivity index (χ1v) is 8.02. The minimum atomic E-state index is -0.238. The van der Waals surface area contributed by atoms with Crippen LogP contribution in [0.3, 0.4) is 0 Å². The zero-order valence-electron chi connectivity index (χ0n) is 12.3. The molecule has 3 atom stereocenters. The van der Waals surface area contributed by atoms with E-state index in [4.69, 9.17) is 16.3 Å². The number of morpholine rings is 1. The van der Waals surface area contributed by atoms with Crippen LogP contribution in [0.4, 0.5) is 4.39 Å². The number of nitrogens with zero attached hydrogens (tertiary/aromatic N) is 1. The van der Waals surface area contributed by atoms with Crippen molar-refractivity contribution in [1.82, 2.24) is 10.2 Å². The quantitative estimate of drug-likeness (QED) is 0.924. The molecule has 0 radical (unpaired) electrons. The molecular weight excluding hydrogens is 291 g/mol. The van der Waals surface area contributed by atoms with Crippen molar-refractivity contribution in [1.29, 1.82) is 0 Å². The van der Waals surface area contributed by atoms with E-state index in [1.807, 2.05) is 7.05 Å². The van der Waals surface area contributed by atoms with Gasteiger partial charge in [-0.2, -0.15) is 0 Å². The molecule has 0 aliphatic carbocycles. The maximum atomic E-state index is 14.0. The lowest BCUT2D eigenvalue weighted by atomic mass is 9.99. The van der Waals surface area contributed by atoms with Crippen molar-refractivity contribution < 1.29 is 9.13 Å². The first-order chi connectivity index (χ1) is 10.2. The summed E-state index contributed by atoms with van der Waals surface area (Å²) in [7, 11) is 1.90. The Balaban J connectivity index is 1.70. The standard InChI is InChI=1S/C16H22ClFN2O/c1-19-15(8-12-13(17)5-2-6-14(12)18)16-9-20-7-3-4-11(20)10-21-16/h2,5-6,11,15-16,19H,3-4,7-10H2,1H3. The Morgan fingerprint density at radius 3 is 3.14 bits per heavy atom. The lowest BCUT2D eigenvalue weighted by molar-refractivity contribution is -0.0634. The van der Waals surface area contributed by atoms with Crippen molar-refractivity contribution in [2.45, 2.75) is 37.5 Å². The summed E-state index contributed by atoms with van der Waals surface area (Å²) in [4.78, 5) is 2.50. The van der Waals surface area contributed by atoms with Gasteiger partial charge in [-0.05, 0) is 45.0 Å². The summed E-state index contributed by atoms with van der Waals surface area (Å²) in [5, 5.41) is 3.77. The highest BCUT2D eigenvalue weighted by atomic mass is 35.5. The van der Waals surface area contributed by atoms with Crippen LogP contribution in [-0.2, 0) is 11.2 Å². The van der Waals surface area contributed by atoms with Crippen molar-refractivity contribution >= 4 is 11.6 Å². The van der Waals surface area contributed by atoms with E-state index < -0.39 is 0 Å². The van der Waals surface area contributed by atoms with Gasteiger partial charge in [-0.25, -0.2) is 4.39 Å². The predicted octanol–water partition coefficient (Wildman–Crippen LogP) is 2.47. The van der Waals surface area contributed by atoms with Crippen LogP contribution in [0.1, 0.15) is 18.4 Å². The van der Waals surface area contributed by atoms with E-state index in [1.54, 1.807) is 12.1 Å². The summed E-state index contributed by atoms with van der Waals surface area (Å²) in [6.45, 7) is 2.86. The maximum Gasteiger partial charge on any atom is 0.127 e. The molecular formula is C16H22ClFN2O. The average Bonchev–Trinajstić information content (AvgIpc) is 2.94. The zero-order chi connectivity index (χ0) is 14.8. The normalized spacial score (nSPS) is 27.6. The highest BCUT2D eigenvalue weighted by molar-refractivity contribution is 6.31. The van der Waals surface area contributed by atoms with Crippen molar-refractivity contribution in [3.05, 3.63) is 34.6 Å². The van der Waals surface area contributed by atoms with Gasteiger partial charge in [0.25, 0.3) is 0 Å². The average molecular weight is 313 g/mol. The molecule has 0 aromatic heterocycles. The summed E-state index contributed by atoms with van der Waals surface area (Å²) in [6.07, 6.45) is 3.12. The fraction of sp³-hybridized carbons (Fsp3) is 0.625. The molecule has 3 nitrogen and oxygen atoms in total. The Labute approximate surface area is 130 Å². The van der Waals surface area contributed by atoms with Crippen LogP contribution < -0.4 is 5.32 Å². The van der Waals surface area contributed by atoms with Gasteiger partial charge in [-0.1, -0.05) is 17.7 Å². The van der Waals surface area contributed by atoms with Gasteiger partial charge in [0.15, 0.2) is 0 Å². The van der Waals surface area contributed by atoms with Crippen molar-refractivity contribution in [3.63, 3.8) is 0 Å². The van der Waals surface area contributed by atoms with Crippen molar-refractivity contribution in [2.24, 2.45) is 0 Å². The van der Waals surface area contributed by atoms with E-state index in [0.717, 1.165) is 19.7 Å². The summed E-state index contributed by atoms with van der Waals surface area (Å²) in [5.41, 5.74) is 0.575. The third kappa shape index (κ3) is 3.24. The molecule has 3 rings (SSSR count). The molecule has 1 N–H and O–H groups in total. The Morgan fingerprint density at radius 1 is 1.52 bits per heavy atom. The minimum absolute atomic E-state index is 0.0703. The number of hydrogen-bond donors (Lipinski definition) is 1. The smallest absolute Gasteiger partial charge is 0.127 e. The summed E-state index contributed by atoms with van der Waals surface area (Å²) >= 11 is 6.14. The number of benzene rings is 1. The van der Waals surface area contributed by atoms with Gasteiger partial charge in [0.05, 0.1) is 12.7 Å². The van der Waals surface area contributed by atoms with E-state index >= 15 is 0 Å². The van der Waals surface area contributed by atoms with Crippen LogP contribution in [0.15, 0.2) is 18.2 Å². The van der Waals surface area contributed by atoms with Gasteiger partial charge in [-0.15, -0.1) is 0 Å². The zero-order valence-corrected chi connectivity index (χ0v) is 13.1. The van der Waals surface area contributed by atoms with E-state index in [9.17, 15) is 4.39 Å². The van der Waals surface area contributed by atoms with Crippen molar-refractivity contribution in [2.75, 3.05) is 26.7 Å². The minimum Gasteiger partial charge on any atom is -0.374 e. The second kappa shape index (κ2) is 6.61. The van der Waals surface area contributed by atoms with Gasteiger partial charge in [0, 0.05) is 29.2 Å². The molecule has 0 saturated carbocycles. The van der Waals surface area contributed by atoms with Crippen LogP contribution in [0.25, 0.3) is 0 Å². The van der Waals surface area contributed by atoms with Crippen LogP contribution in [-0.4, -0.2) is 49.8 Å². The van der Waals surface area contributed by atoms with Crippen LogP contribution >= 0.6 is 11.6 Å². The third-order valence-electron chi connectivity index (χ3n) is 4.72. The molecule has 1 aromatic carbocycles. The molecule has 1 aromatic rings. The van der Waals surface area contributed by atoms with Crippen LogP contribution in [0.2, 0.25) is 5.02 Å². The van der Waals surface area contributed by atoms with E-state index in [-0.39, 0.29) is 18.0 Å². The molecule has 2 heterocycles. The number of likely N-dealkylation sites (N-methyl/N-ethyl adjacent to an activating group) is 1.